The number of rotatable bonds is 6. The van der Waals surface area contributed by atoms with Gasteiger partial charge in [-0.25, -0.2) is 4.98 Å². The van der Waals surface area contributed by atoms with Crippen LogP contribution >= 0.6 is 0 Å². The second-order valence-corrected chi connectivity index (χ2v) is 6.05. The van der Waals surface area contributed by atoms with Crippen molar-refractivity contribution in [2.75, 3.05) is 6.61 Å². The zero-order valence-corrected chi connectivity index (χ0v) is 14.5. The molecule has 3 aromatic rings. The molecule has 0 amide bonds. The fourth-order valence-electron chi connectivity index (χ4n) is 2.57. The standard InChI is InChI=1S/C21H21N3O/c1-3-4-11-25-18-8-6-16(7-9-18)13-17(14-22)21-23-19-10-5-15(2)12-20(19)24-21/h5-10,12-13H,3-4,11H2,1-2H3,(H,23,24)/b17-13+. The normalized spacial score (nSPS) is 11.5. The maximum atomic E-state index is 9.52. The first-order valence-corrected chi connectivity index (χ1v) is 8.51. The Labute approximate surface area is 147 Å². The molecule has 0 atom stereocenters. The number of aromatic nitrogens is 2. The third-order valence-electron chi connectivity index (χ3n) is 3.97. The molecular weight excluding hydrogens is 310 g/mol. The van der Waals surface area contributed by atoms with Gasteiger partial charge in [0.05, 0.1) is 23.2 Å². The molecule has 0 unspecified atom stereocenters. The van der Waals surface area contributed by atoms with E-state index in [1.807, 2.05) is 55.5 Å². The molecular formula is C21H21N3O. The minimum absolute atomic E-state index is 0.508. The topological polar surface area (TPSA) is 61.7 Å². The summed E-state index contributed by atoms with van der Waals surface area (Å²) in [4.78, 5) is 7.74. The summed E-state index contributed by atoms with van der Waals surface area (Å²) in [6.07, 6.45) is 4.00. The number of nitrogens with zero attached hydrogens (tertiary/aromatic N) is 2. The summed E-state index contributed by atoms with van der Waals surface area (Å²) in [6.45, 7) is 4.90. The van der Waals surface area contributed by atoms with Crippen LogP contribution in [-0.2, 0) is 0 Å². The van der Waals surface area contributed by atoms with Crippen LogP contribution in [0.2, 0.25) is 0 Å². The van der Waals surface area contributed by atoms with Gasteiger partial charge in [-0.3, -0.25) is 0 Å². The van der Waals surface area contributed by atoms with Crippen LogP contribution in [0.25, 0.3) is 22.7 Å². The van der Waals surface area contributed by atoms with Crippen molar-refractivity contribution in [2.24, 2.45) is 0 Å². The molecule has 0 saturated heterocycles. The van der Waals surface area contributed by atoms with E-state index in [0.29, 0.717) is 11.4 Å². The van der Waals surface area contributed by atoms with Crippen LogP contribution in [0.15, 0.2) is 42.5 Å². The Balaban J connectivity index is 1.83. The number of nitriles is 1. The first kappa shape index (κ1) is 16.8. The van der Waals surface area contributed by atoms with Gasteiger partial charge in [0.25, 0.3) is 0 Å². The average molecular weight is 331 g/mol. The zero-order chi connectivity index (χ0) is 17.6. The first-order chi connectivity index (χ1) is 12.2. The van der Waals surface area contributed by atoms with Crippen LogP contribution < -0.4 is 4.74 Å². The number of hydrogen-bond donors (Lipinski definition) is 1. The number of aromatic amines is 1. The summed E-state index contributed by atoms with van der Waals surface area (Å²) in [5, 5.41) is 9.52. The van der Waals surface area contributed by atoms with Gasteiger partial charge in [-0.15, -0.1) is 0 Å². The fraction of sp³-hybridized carbons (Fsp3) is 0.238. The van der Waals surface area contributed by atoms with E-state index in [2.05, 4.69) is 23.0 Å². The van der Waals surface area contributed by atoms with Crippen LogP contribution in [0, 0.1) is 18.3 Å². The van der Waals surface area contributed by atoms with Crippen LogP contribution in [0.5, 0.6) is 5.75 Å². The van der Waals surface area contributed by atoms with E-state index < -0.39 is 0 Å². The Kier molecular flexibility index (Phi) is 5.15. The molecule has 0 fully saturated rings. The van der Waals surface area contributed by atoms with Gasteiger partial charge < -0.3 is 9.72 Å². The lowest BCUT2D eigenvalue weighted by Gasteiger charge is -2.05. The van der Waals surface area contributed by atoms with Gasteiger partial charge in [0.2, 0.25) is 0 Å². The number of allylic oxidation sites excluding steroid dienone is 1. The number of hydrogen-bond acceptors (Lipinski definition) is 3. The van der Waals surface area contributed by atoms with Crippen molar-refractivity contribution in [1.29, 1.82) is 5.26 Å². The van der Waals surface area contributed by atoms with Crippen molar-refractivity contribution in [3.05, 3.63) is 59.4 Å². The number of H-pyrrole nitrogens is 1. The molecule has 0 saturated carbocycles. The third-order valence-corrected chi connectivity index (χ3v) is 3.97. The van der Waals surface area contributed by atoms with Gasteiger partial charge >= 0.3 is 0 Å². The lowest BCUT2D eigenvalue weighted by atomic mass is 10.1. The molecule has 4 heteroatoms. The van der Waals surface area contributed by atoms with Crippen molar-refractivity contribution in [3.63, 3.8) is 0 Å². The molecule has 25 heavy (non-hydrogen) atoms. The predicted octanol–water partition coefficient (Wildman–Crippen LogP) is 5.11. The highest BCUT2D eigenvalue weighted by Crippen LogP contribution is 2.21. The first-order valence-electron chi connectivity index (χ1n) is 8.51. The molecule has 0 aliphatic heterocycles. The number of benzene rings is 2. The quantitative estimate of drug-likeness (QED) is 0.504. The molecule has 126 valence electrons. The second kappa shape index (κ2) is 7.67. The number of nitrogens with one attached hydrogen (secondary N) is 1. The van der Waals surface area contributed by atoms with E-state index >= 15 is 0 Å². The highest BCUT2D eigenvalue weighted by molar-refractivity contribution is 5.90. The number of ether oxygens (including phenoxy) is 1. The maximum Gasteiger partial charge on any atom is 0.149 e. The lowest BCUT2D eigenvalue weighted by Crippen LogP contribution is -1.95. The molecule has 0 aliphatic carbocycles. The summed E-state index contributed by atoms with van der Waals surface area (Å²) in [7, 11) is 0. The largest absolute Gasteiger partial charge is 0.494 e. The Hall–Kier alpha value is -3.06. The molecule has 1 heterocycles. The predicted molar refractivity (Wildman–Crippen MR) is 101 cm³/mol. The summed E-state index contributed by atoms with van der Waals surface area (Å²) < 4.78 is 5.66. The molecule has 0 bridgehead atoms. The Bertz CT molecular complexity index is 930. The number of imidazole rings is 1. The van der Waals surface area contributed by atoms with Crippen molar-refractivity contribution in [1.82, 2.24) is 9.97 Å². The van der Waals surface area contributed by atoms with Crippen LogP contribution in [-0.4, -0.2) is 16.6 Å². The zero-order valence-electron chi connectivity index (χ0n) is 14.5. The minimum atomic E-state index is 0.508. The lowest BCUT2D eigenvalue weighted by molar-refractivity contribution is 0.309. The van der Waals surface area contributed by atoms with Gasteiger partial charge in [-0.1, -0.05) is 31.5 Å². The van der Waals surface area contributed by atoms with Crippen molar-refractivity contribution >= 4 is 22.7 Å². The number of aryl methyl sites for hydroxylation is 1. The summed E-state index contributed by atoms with van der Waals surface area (Å²) in [6, 6.07) is 16.0. The highest BCUT2D eigenvalue weighted by Gasteiger charge is 2.08. The Morgan fingerprint density at radius 2 is 2.04 bits per heavy atom. The average Bonchev–Trinajstić information content (AvgIpc) is 3.04. The summed E-state index contributed by atoms with van der Waals surface area (Å²) in [5.41, 5.74) is 4.41. The SMILES string of the molecule is CCCCOc1ccc(/C=C(\C#N)c2nc3ccc(C)cc3[nH]2)cc1. The van der Waals surface area contributed by atoms with E-state index in [1.165, 1.54) is 0 Å². The maximum absolute atomic E-state index is 9.52. The van der Waals surface area contributed by atoms with E-state index in [9.17, 15) is 5.26 Å². The number of unbranched alkanes of at least 4 members (excludes halogenated alkanes) is 1. The summed E-state index contributed by atoms with van der Waals surface area (Å²) in [5.74, 6) is 1.44. The number of fused-ring (bicyclic) bond motifs is 1. The van der Waals surface area contributed by atoms with Gasteiger partial charge in [-0.05, 0) is 54.8 Å². The Morgan fingerprint density at radius 1 is 1.24 bits per heavy atom. The van der Waals surface area contributed by atoms with E-state index in [1.54, 1.807) is 0 Å². The molecule has 3 rings (SSSR count). The highest BCUT2D eigenvalue weighted by atomic mass is 16.5. The molecule has 0 radical (unpaired) electrons. The molecule has 1 N–H and O–H groups in total. The van der Waals surface area contributed by atoms with Crippen LogP contribution in [0.1, 0.15) is 36.7 Å². The van der Waals surface area contributed by atoms with Crippen molar-refractivity contribution in [3.8, 4) is 11.8 Å². The molecule has 2 aromatic carbocycles. The molecule has 4 nitrogen and oxygen atoms in total. The Morgan fingerprint density at radius 3 is 2.76 bits per heavy atom. The molecule has 0 spiro atoms. The van der Waals surface area contributed by atoms with Crippen molar-refractivity contribution < 1.29 is 4.74 Å². The van der Waals surface area contributed by atoms with E-state index in [4.69, 9.17) is 4.74 Å². The second-order valence-electron chi connectivity index (χ2n) is 6.05. The fourth-order valence-corrected chi connectivity index (χ4v) is 2.57. The minimum Gasteiger partial charge on any atom is -0.494 e. The monoisotopic (exact) mass is 331 g/mol. The summed E-state index contributed by atoms with van der Waals surface area (Å²) >= 11 is 0. The van der Waals surface area contributed by atoms with Gasteiger partial charge in [0.1, 0.15) is 17.6 Å². The van der Waals surface area contributed by atoms with E-state index in [-0.39, 0.29) is 0 Å². The third kappa shape index (κ3) is 4.07. The smallest absolute Gasteiger partial charge is 0.149 e. The van der Waals surface area contributed by atoms with Crippen molar-refractivity contribution in [2.45, 2.75) is 26.7 Å². The van der Waals surface area contributed by atoms with E-state index in [0.717, 1.165) is 47.4 Å². The van der Waals surface area contributed by atoms with Crippen LogP contribution in [0.4, 0.5) is 0 Å². The van der Waals surface area contributed by atoms with Gasteiger partial charge in [0, 0.05) is 0 Å². The molecule has 1 aromatic heterocycles. The molecule has 0 aliphatic rings. The van der Waals surface area contributed by atoms with Crippen LogP contribution in [0.3, 0.4) is 0 Å². The van der Waals surface area contributed by atoms with Gasteiger partial charge in [-0.2, -0.15) is 5.26 Å². The van der Waals surface area contributed by atoms with Gasteiger partial charge in [0.15, 0.2) is 0 Å².